The highest BCUT2D eigenvalue weighted by atomic mass is 16.5. The Morgan fingerprint density at radius 3 is 3.06 bits per heavy atom. The molecule has 88 valence electrons. The van der Waals surface area contributed by atoms with Crippen molar-refractivity contribution in [3.8, 4) is 0 Å². The van der Waals surface area contributed by atoms with Gasteiger partial charge in [0.1, 0.15) is 5.82 Å². The maximum atomic E-state index is 11.0. The monoisotopic (exact) mass is 223 g/mol. The van der Waals surface area contributed by atoms with Gasteiger partial charge in [-0.2, -0.15) is 0 Å². The normalized spacial score (nSPS) is 10.1. The van der Waals surface area contributed by atoms with E-state index >= 15 is 0 Å². The van der Waals surface area contributed by atoms with Crippen LogP contribution in [0.15, 0.2) is 12.3 Å². The van der Waals surface area contributed by atoms with Crippen molar-refractivity contribution in [2.75, 3.05) is 13.2 Å². The molecule has 0 amide bonds. The van der Waals surface area contributed by atoms with Crippen molar-refractivity contribution in [3.63, 3.8) is 0 Å². The number of hydrogen-bond donors (Lipinski definition) is 1. The highest BCUT2D eigenvalue weighted by molar-refractivity contribution is 5.69. The molecule has 0 bridgehead atoms. The van der Waals surface area contributed by atoms with Crippen LogP contribution in [0.2, 0.25) is 0 Å². The van der Waals surface area contributed by atoms with E-state index in [-0.39, 0.29) is 5.97 Å². The first kappa shape index (κ1) is 12.6. The summed E-state index contributed by atoms with van der Waals surface area (Å²) in [4.78, 5) is 19.3. The lowest BCUT2D eigenvalue weighted by Crippen LogP contribution is -2.19. The van der Waals surface area contributed by atoms with Crippen LogP contribution in [0.5, 0.6) is 0 Å². The minimum Gasteiger partial charge on any atom is -0.466 e. The standard InChI is InChI=1S/C11H17N3O2/c1-3-16-11(15)5-6-12-8-10-4-7-13-9(2)14-10/h4,7,12H,3,5-6,8H2,1-2H3. The lowest BCUT2D eigenvalue weighted by Gasteiger charge is -2.04. The first-order valence-electron chi connectivity index (χ1n) is 5.37. The number of nitrogens with zero attached hydrogens (tertiary/aromatic N) is 2. The van der Waals surface area contributed by atoms with Crippen molar-refractivity contribution in [2.45, 2.75) is 26.8 Å². The molecule has 16 heavy (non-hydrogen) atoms. The van der Waals surface area contributed by atoms with Crippen molar-refractivity contribution in [1.29, 1.82) is 0 Å². The molecule has 0 aliphatic carbocycles. The van der Waals surface area contributed by atoms with Gasteiger partial charge in [0.05, 0.1) is 18.7 Å². The number of aryl methyl sites for hydroxylation is 1. The van der Waals surface area contributed by atoms with E-state index in [4.69, 9.17) is 4.74 Å². The smallest absolute Gasteiger partial charge is 0.307 e. The number of aromatic nitrogens is 2. The summed E-state index contributed by atoms with van der Waals surface area (Å²) >= 11 is 0. The Hall–Kier alpha value is -1.49. The van der Waals surface area contributed by atoms with Crippen LogP contribution < -0.4 is 5.32 Å². The molecule has 0 radical (unpaired) electrons. The Bertz CT molecular complexity index is 342. The highest BCUT2D eigenvalue weighted by Crippen LogP contribution is 1.94. The second-order valence-electron chi connectivity index (χ2n) is 3.33. The maximum absolute atomic E-state index is 11.0. The Morgan fingerprint density at radius 2 is 2.38 bits per heavy atom. The number of rotatable bonds is 6. The number of ether oxygens (including phenoxy) is 1. The third-order valence-corrected chi connectivity index (χ3v) is 1.95. The summed E-state index contributed by atoms with van der Waals surface area (Å²) in [6.45, 7) is 5.33. The van der Waals surface area contributed by atoms with Crippen molar-refractivity contribution >= 4 is 5.97 Å². The van der Waals surface area contributed by atoms with Crippen molar-refractivity contribution in [3.05, 3.63) is 23.8 Å². The van der Waals surface area contributed by atoms with Crippen molar-refractivity contribution in [1.82, 2.24) is 15.3 Å². The molecule has 1 N–H and O–H groups in total. The molecule has 0 saturated carbocycles. The molecular weight excluding hydrogens is 206 g/mol. The largest absolute Gasteiger partial charge is 0.466 e. The Morgan fingerprint density at radius 1 is 1.56 bits per heavy atom. The van der Waals surface area contributed by atoms with Crippen molar-refractivity contribution in [2.24, 2.45) is 0 Å². The van der Waals surface area contributed by atoms with Crippen LogP contribution in [0, 0.1) is 6.92 Å². The molecule has 1 aromatic heterocycles. The van der Waals surface area contributed by atoms with Gasteiger partial charge in [0.15, 0.2) is 0 Å². The zero-order chi connectivity index (χ0) is 11.8. The summed E-state index contributed by atoms with van der Waals surface area (Å²) in [7, 11) is 0. The molecule has 5 heteroatoms. The third kappa shape index (κ3) is 4.84. The number of nitrogens with one attached hydrogen (secondary N) is 1. The molecule has 0 fully saturated rings. The van der Waals surface area contributed by atoms with Gasteiger partial charge in [-0.05, 0) is 19.9 Å². The highest BCUT2D eigenvalue weighted by Gasteiger charge is 2.00. The maximum Gasteiger partial charge on any atom is 0.307 e. The quantitative estimate of drug-likeness (QED) is 0.571. The van der Waals surface area contributed by atoms with Gasteiger partial charge in [0.25, 0.3) is 0 Å². The van der Waals surface area contributed by atoms with Crippen LogP contribution in [-0.2, 0) is 16.1 Å². The van der Waals surface area contributed by atoms with Crippen LogP contribution in [-0.4, -0.2) is 29.1 Å². The van der Waals surface area contributed by atoms with Gasteiger partial charge in [-0.25, -0.2) is 9.97 Å². The average Bonchev–Trinajstić information content (AvgIpc) is 2.25. The van der Waals surface area contributed by atoms with Gasteiger partial charge in [-0.15, -0.1) is 0 Å². The summed E-state index contributed by atoms with van der Waals surface area (Å²) < 4.78 is 4.81. The molecule has 1 heterocycles. The molecule has 0 unspecified atom stereocenters. The number of carbonyl (C=O) groups excluding carboxylic acids is 1. The predicted octanol–water partition coefficient (Wildman–Crippen LogP) is 0.828. The fourth-order valence-corrected chi connectivity index (χ4v) is 1.24. The van der Waals surface area contributed by atoms with Crippen LogP contribution in [0.3, 0.4) is 0 Å². The Balaban J connectivity index is 2.18. The number of esters is 1. The molecule has 0 aliphatic rings. The minimum atomic E-state index is -0.172. The van der Waals surface area contributed by atoms with E-state index in [1.165, 1.54) is 0 Å². The number of carbonyl (C=O) groups is 1. The summed E-state index contributed by atoms with van der Waals surface area (Å²) in [5.41, 5.74) is 0.927. The Kier molecular flexibility index (Phi) is 5.42. The first-order valence-corrected chi connectivity index (χ1v) is 5.37. The second-order valence-corrected chi connectivity index (χ2v) is 3.33. The molecule has 0 spiro atoms. The van der Waals surface area contributed by atoms with Crippen LogP contribution >= 0.6 is 0 Å². The summed E-state index contributed by atoms with van der Waals surface area (Å²) in [5.74, 6) is 0.582. The van der Waals surface area contributed by atoms with E-state index in [2.05, 4.69) is 15.3 Å². The summed E-state index contributed by atoms with van der Waals surface area (Å²) in [6, 6.07) is 1.85. The van der Waals surface area contributed by atoms with Crippen molar-refractivity contribution < 1.29 is 9.53 Å². The topological polar surface area (TPSA) is 64.1 Å². The molecule has 0 atom stereocenters. The van der Waals surface area contributed by atoms with Gasteiger partial charge >= 0.3 is 5.97 Å². The molecular formula is C11H17N3O2. The molecule has 5 nitrogen and oxygen atoms in total. The van der Waals surface area contributed by atoms with E-state index in [9.17, 15) is 4.79 Å². The van der Waals surface area contributed by atoms with Gasteiger partial charge < -0.3 is 10.1 Å². The van der Waals surface area contributed by atoms with Crippen LogP contribution in [0.25, 0.3) is 0 Å². The van der Waals surface area contributed by atoms with E-state index in [1.807, 2.05) is 13.0 Å². The molecule has 0 aromatic carbocycles. The number of hydrogen-bond acceptors (Lipinski definition) is 5. The zero-order valence-electron chi connectivity index (χ0n) is 9.69. The lowest BCUT2D eigenvalue weighted by atomic mass is 10.3. The van der Waals surface area contributed by atoms with E-state index < -0.39 is 0 Å². The molecule has 0 aliphatic heterocycles. The zero-order valence-corrected chi connectivity index (χ0v) is 9.69. The van der Waals surface area contributed by atoms with E-state index in [1.54, 1.807) is 13.1 Å². The van der Waals surface area contributed by atoms with Gasteiger partial charge in [-0.1, -0.05) is 0 Å². The first-order chi connectivity index (χ1) is 7.72. The van der Waals surface area contributed by atoms with E-state index in [0.717, 1.165) is 11.5 Å². The lowest BCUT2D eigenvalue weighted by molar-refractivity contribution is -0.142. The third-order valence-electron chi connectivity index (χ3n) is 1.95. The SMILES string of the molecule is CCOC(=O)CCNCc1ccnc(C)n1. The van der Waals surface area contributed by atoms with Crippen LogP contribution in [0.4, 0.5) is 0 Å². The fraction of sp³-hybridized carbons (Fsp3) is 0.545. The Labute approximate surface area is 95.3 Å². The van der Waals surface area contributed by atoms with Gasteiger partial charge in [0.2, 0.25) is 0 Å². The van der Waals surface area contributed by atoms with Gasteiger partial charge in [-0.3, -0.25) is 4.79 Å². The van der Waals surface area contributed by atoms with Crippen LogP contribution in [0.1, 0.15) is 24.9 Å². The molecule has 0 saturated heterocycles. The summed E-state index contributed by atoms with van der Waals surface area (Å²) in [5, 5.41) is 3.13. The minimum absolute atomic E-state index is 0.172. The second kappa shape index (κ2) is 6.90. The fourth-order valence-electron chi connectivity index (χ4n) is 1.24. The summed E-state index contributed by atoms with van der Waals surface area (Å²) in [6.07, 6.45) is 2.11. The van der Waals surface area contributed by atoms with E-state index in [0.29, 0.717) is 26.1 Å². The predicted molar refractivity (Wildman–Crippen MR) is 59.7 cm³/mol. The molecule has 1 rings (SSSR count). The van der Waals surface area contributed by atoms with Gasteiger partial charge in [0, 0.05) is 19.3 Å². The average molecular weight is 223 g/mol. The molecule has 1 aromatic rings.